The van der Waals surface area contributed by atoms with E-state index in [0.717, 1.165) is 12.1 Å². The molecular formula is C13H21FN2+2. The molecule has 3 heteroatoms. The summed E-state index contributed by atoms with van der Waals surface area (Å²) in [4.78, 5) is 3.21. The summed E-state index contributed by atoms with van der Waals surface area (Å²) in [5, 5.41) is 0. The quantitative estimate of drug-likeness (QED) is 0.646. The summed E-state index contributed by atoms with van der Waals surface area (Å²) in [6.45, 7) is 5.87. The lowest BCUT2D eigenvalue weighted by molar-refractivity contribution is -0.938. The monoisotopic (exact) mass is 224 g/mol. The first-order valence-electron chi connectivity index (χ1n) is 6.13. The maximum Gasteiger partial charge on any atom is 0.127 e. The van der Waals surface area contributed by atoms with Crippen LogP contribution in [0.2, 0.25) is 0 Å². The molecule has 1 heterocycles. The van der Waals surface area contributed by atoms with Gasteiger partial charge >= 0.3 is 0 Å². The fourth-order valence-electron chi connectivity index (χ4n) is 2.39. The van der Waals surface area contributed by atoms with Gasteiger partial charge in [-0.3, -0.25) is 0 Å². The van der Waals surface area contributed by atoms with Crippen LogP contribution in [-0.4, -0.2) is 33.2 Å². The smallest absolute Gasteiger partial charge is 0.127 e. The van der Waals surface area contributed by atoms with Gasteiger partial charge in [-0.25, -0.2) is 4.39 Å². The molecule has 0 amide bonds. The SMILES string of the molecule is C[NH+]1CCC[NH+](Cc2cccc(F)c2)CC1. The molecule has 1 aliphatic heterocycles. The molecule has 0 aromatic heterocycles. The zero-order chi connectivity index (χ0) is 11.4. The third kappa shape index (κ3) is 3.29. The van der Waals surface area contributed by atoms with Gasteiger partial charge in [-0.05, 0) is 12.1 Å². The van der Waals surface area contributed by atoms with Crippen molar-refractivity contribution in [2.75, 3.05) is 33.2 Å². The van der Waals surface area contributed by atoms with E-state index in [4.69, 9.17) is 0 Å². The molecule has 1 fully saturated rings. The van der Waals surface area contributed by atoms with Crippen LogP contribution in [0.3, 0.4) is 0 Å². The van der Waals surface area contributed by atoms with Crippen molar-refractivity contribution in [1.29, 1.82) is 0 Å². The summed E-state index contributed by atoms with van der Waals surface area (Å²) in [6, 6.07) is 7.00. The van der Waals surface area contributed by atoms with E-state index < -0.39 is 0 Å². The fourth-order valence-corrected chi connectivity index (χ4v) is 2.39. The number of benzene rings is 1. The van der Waals surface area contributed by atoms with Crippen LogP contribution in [0.5, 0.6) is 0 Å². The fraction of sp³-hybridized carbons (Fsp3) is 0.538. The first kappa shape index (κ1) is 11.6. The van der Waals surface area contributed by atoms with E-state index in [0.29, 0.717) is 0 Å². The molecule has 0 bridgehead atoms. The first-order chi connectivity index (χ1) is 7.74. The van der Waals surface area contributed by atoms with E-state index in [2.05, 4.69) is 7.05 Å². The van der Waals surface area contributed by atoms with Gasteiger partial charge in [0.25, 0.3) is 0 Å². The summed E-state index contributed by atoms with van der Waals surface area (Å²) < 4.78 is 13.1. The van der Waals surface area contributed by atoms with Crippen molar-refractivity contribution >= 4 is 0 Å². The standard InChI is InChI=1S/C13H19FN2/c1-15-6-3-7-16(9-8-15)11-12-4-2-5-13(14)10-12/h2,4-5,10H,3,6-9,11H2,1H3/p+2. The Balaban J connectivity index is 1.93. The molecular weight excluding hydrogens is 203 g/mol. The second-order valence-electron chi connectivity index (χ2n) is 4.87. The molecule has 2 rings (SSSR count). The Morgan fingerprint density at radius 3 is 2.88 bits per heavy atom. The highest BCUT2D eigenvalue weighted by molar-refractivity contribution is 5.14. The maximum atomic E-state index is 13.1. The highest BCUT2D eigenvalue weighted by Crippen LogP contribution is 2.01. The van der Waals surface area contributed by atoms with Crippen molar-refractivity contribution in [2.24, 2.45) is 0 Å². The van der Waals surface area contributed by atoms with Gasteiger partial charge in [-0.15, -0.1) is 0 Å². The van der Waals surface area contributed by atoms with Crippen molar-refractivity contribution in [3.63, 3.8) is 0 Å². The van der Waals surface area contributed by atoms with Crippen molar-refractivity contribution in [3.05, 3.63) is 35.6 Å². The Morgan fingerprint density at radius 2 is 2.06 bits per heavy atom. The molecule has 0 aliphatic carbocycles. The molecule has 88 valence electrons. The molecule has 1 aromatic carbocycles. The van der Waals surface area contributed by atoms with E-state index in [1.165, 1.54) is 38.7 Å². The minimum atomic E-state index is -0.116. The van der Waals surface area contributed by atoms with Crippen LogP contribution >= 0.6 is 0 Å². The van der Waals surface area contributed by atoms with Gasteiger partial charge in [0.1, 0.15) is 25.5 Å². The Bertz CT molecular complexity index is 340. The summed E-state index contributed by atoms with van der Waals surface area (Å²) in [5.74, 6) is -0.116. The minimum absolute atomic E-state index is 0.116. The van der Waals surface area contributed by atoms with Crippen molar-refractivity contribution in [2.45, 2.75) is 13.0 Å². The second-order valence-corrected chi connectivity index (χ2v) is 4.87. The number of nitrogens with one attached hydrogen (secondary N) is 2. The summed E-state index contributed by atoms with van der Waals surface area (Å²) >= 11 is 0. The molecule has 0 saturated carbocycles. The van der Waals surface area contributed by atoms with Crippen molar-refractivity contribution in [1.82, 2.24) is 0 Å². The third-order valence-electron chi connectivity index (χ3n) is 3.38. The molecule has 2 N–H and O–H groups in total. The van der Waals surface area contributed by atoms with Gasteiger partial charge in [0.2, 0.25) is 0 Å². The number of halogens is 1. The van der Waals surface area contributed by atoms with Gasteiger partial charge in [-0.2, -0.15) is 0 Å². The molecule has 1 aromatic rings. The minimum Gasteiger partial charge on any atom is -0.333 e. The van der Waals surface area contributed by atoms with E-state index in [1.807, 2.05) is 6.07 Å². The first-order valence-corrected chi connectivity index (χ1v) is 6.13. The van der Waals surface area contributed by atoms with Crippen LogP contribution in [0.1, 0.15) is 12.0 Å². The van der Waals surface area contributed by atoms with E-state index in [1.54, 1.807) is 21.9 Å². The van der Waals surface area contributed by atoms with Gasteiger partial charge < -0.3 is 9.80 Å². The number of likely N-dealkylation sites (N-methyl/N-ethyl adjacent to an activating group) is 1. The largest absolute Gasteiger partial charge is 0.333 e. The maximum absolute atomic E-state index is 13.1. The van der Waals surface area contributed by atoms with Crippen LogP contribution in [-0.2, 0) is 6.54 Å². The predicted octanol–water partition coefficient (Wildman–Crippen LogP) is -0.871. The number of hydrogen-bond acceptors (Lipinski definition) is 0. The van der Waals surface area contributed by atoms with Crippen LogP contribution in [0.4, 0.5) is 4.39 Å². The Labute approximate surface area is 96.7 Å². The molecule has 16 heavy (non-hydrogen) atoms. The summed E-state index contributed by atoms with van der Waals surface area (Å²) in [5.41, 5.74) is 1.12. The van der Waals surface area contributed by atoms with Crippen molar-refractivity contribution in [3.8, 4) is 0 Å². The zero-order valence-corrected chi connectivity index (χ0v) is 9.93. The highest BCUT2D eigenvalue weighted by atomic mass is 19.1. The summed E-state index contributed by atoms with van der Waals surface area (Å²) in [7, 11) is 2.26. The summed E-state index contributed by atoms with van der Waals surface area (Å²) in [6.07, 6.45) is 1.27. The zero-order valence-electron chi connectivity index (χ0n) is 9.93. The van der Waals surface area contributed by atoms with E-state index in [9.17, 15) is 4.39 Å². The molecule has 0 radical (unpaired) electrons. The predicted molar refractivity (Wildman–Crippen MR) is 62.0 cm³/mol. The van der Waals surface area contributed by atoms with Gasteiger partial charge in [0.05, 0.1) is 20.1 Å². The Hall–Kier alpha value is -0.930. The van der Waals surface area contributed by atoms with Gasteiger partial charge in [-0.1, -0.05) is 12.1 Å². The lowest BCUT2D eigenvalue weighted by Gasteiger charge is -2.16. The second kappa shape index (κ2) is 5.41. The molecule has 0 spiro atoms. The Morgan fingerprint density at radius 1 is 1.19 bits per heavy atom. The molecule has 2 atom stereocenters. The normalized spacial score (nSPS) is 26.4. The number of quaternary nitrogens is 2. The molecule has 2 unspecified atom stereocenters. The van der Waals surface area contributed by atoms with E-state index in [-0.39, 0.29) is 5.82 Å². The molecule has 1 saturated heterocycles. The van der Waals surface area contributed by atoms with Crippen LogP contribution < -0.4 is 9.80 Å². The van der Waals surface area contributed by atoms with Crippen LogP contribution in [0, 0.1) is 5.82 Å². The average molecular weight is 224 g/mol. The topological polar surface area (TPSA) is 8.88 Å². The lowest BCUT2D eigenvalue weighted by atomic mass is 10.2. The molecule has 1 aliphatic rings. The number of hydrogen-bond donors (Lipinski definition) is 2. The molecule has 2 nitrogen and oxygen atoms in total. The third-order valence-corrected chi connectivity index (χ3v) is 3.38. The lowest BCUT2D eigenvalue weighted by Crippen LogP contribution is -3.15. The number of rotatable bonds is 2. The van der Waals surface area contributed by atoms with Crippen LogP contribution in [0.15, 0.2) is 24.3 Å². The van der Waals surface area contributed by atoms with E-state index >= 15 is 0 Å². The Kier molecular flexibility index (Phi) is 3.91. The highest BCUT2D eigenvalue weighted by Gasteiger charge is 2.17. The average Bonchev–Trinajstić information content (AvgIpc) is 2.44. The van der Waals surface area contributed by atoms with Gasteiger partial charge in [0, 0.05) is 12.0 Å². The van der Waals surface area contributed by atoms with Crippen LogP contribution in [0.25, 0.3) is 0 Å². The van der Waals surface area contributed by atoms with Crippen molar-refractivity contribution < 1.29 is 14.2 Å². The van der Waals surface area contributed by atoms with Gasteiger partial charge in [0.15, 0.2) is 0 Å².